The second-order valence-corrected chi connectivity index (χ2v) is 4.84. The van der Waals surface area contributed by atoms with E-state index in [1.54, 1.807) is 18.2 Å². The van der Waals surface area contributed by atoms with E-state index >= 15 is 0 Å². The van der Waals surface area contributed by atoms with E-state index in [1.807, 2.05) is 37.3 Å². The average Bonchev–Trinajstić information content (AvgIpc) is 2.50. The van der Waals surface area contributed by atoms with Crippen LogP contribution in [0.3, 0.4) is 0 Å². The molecule has 4 heteroatoms. The second-order valence-electron chi connectivity index (χ2n) is 4.44. The summed E-state index contributed by atoms with van der Waals surface area (Å²) in [6.45, 7) is 2.71. The van der Waals surface area contributed by atoms with Crippen molar-refractivity contribution >= 4 is 17.4 Å². The predicted octanol–water partition coefficient (Wildman–Crippen LogP) is 4.14. The van der Waals surface area contributed by atoms with Gasteiger partial charge >= 0.3 is 0 Å². The molecule has 0 N–H and O–H groups in total. The maximum absolute atomic E-state index is 12.2. The van der Waals surface area contributed by atoms with Crippen LogP contribution in [-0.2, 0) is 11.3 Å². The molecule has 3 nitrogen and oxygen atoms in total. The van der Waals surface area contributed by atoms with E-state index in [0.717, 1.165) is 5.56 Å². The molecule has 21 heavy (non-hydrogen) atoms. The number of ketones is 1. The number of hydrogen-bond donors (Lipinski definition) is 0. The Bertz CT molecular complexity index is 610. The zero-order chi connectivity index (χ0) is 15.1. The van der Waals surface area contributed by atoms with Crippen LogP contribution in [0.25, 0.3) is 0 Å². The van der Waals surface area contributed by atoms with Crippen LogP contribution in [0, 0.1) is 0 Å². The first-order valence-electron chi connectivity index (χ1n) is 6.78. The van der Waals surface area contributed by atoms with Crippen molar-refractivity contribution in [3.05, 3.63) is 64.7 Å². The Labute approximate surface area is 129 Å². The van der Waals surface area contributed by atoms with Crippen LogP contribution in [-0.4, -0.2) is 19.0 Å². The highest BCUT2D eigenvalue weighted by atomic mass is 35.5. The lowest BCUT2D eigenvalue weighted by atomic mass is 10.1. The molecule has 0 aliphatic rings. The third kappa shape index (κ3) is 4.31. The Hall–Kier alpha value is -1.84. The molecule has 0 aliphatic carbocycles. The first kappa shape index (κ1) is 15.5. The van der Waals surface area contributed by atoms with Crippen LogP contribution in [0.2, 0.25) is 5.02 Å². The number of benzene rings is 2. The highest BCUT2D eigenvalue weighted by molar-refractivity contribution is 6.31. The van der Waals surface area contributed by atoms with Gasteiger partial charge in [0.1, 0.15) is 12.4 Å². The van der Waals surface area contributed by atoms with Crippen LogP contribution in [0.1, 0.15) is 22.8 Å². The van der Waals surface area contributed by atoms with Gasteiger partial charge in [0.2, 0.25) is 0 Å². The molecule has 0 atom stereocenters. The molecular weight excluding hydrogens is 288 g/mol. The molecule has 0 amide bonds. The zero-order valence-corrected chi connectivity index (χ0v) is 12.6. The molecule has 0 saturated carbocycles. The maximum Gasteiger partial charge on any atom is 0.192 e. The van der Waals surface area contributed by atoms with Gasteiger partial charge < -0.3 is 9.47 Å². The van der Waals surface area contributed by atoms with Crippen LogP contribution in [0.4, 0.5) is 0 Å². The molecule has 0 aromatic heterocycles. The molecule has 0 fully saturated rings. The molecular formula is C17H17ClO3. The van der Waals surface area contributed by atoms with E-state index < -0.39 is 0 Å². The predicted molar refractivity (Wildman–Crippen MR) is 83.0 cm³/mol. The fraction of sp³-hybridized carbons (Fsp3) is 0.235. The standard InChI is InChI=1S/C17H17ClO3/c1-2-21-17-10-6-4-8-14(17)16(19)12-20-11-13-7-3-5-9-15(13)18/h3-10H,2,11-12H2,1H3. The summed E-state index contributed by atoms with van der Waals surface area (Å²) < 4.78 is 10.9. The van der Waals surface area contributed by atoms with Gasteiger partial charge in [-0.2, -0.15) is 0 Å². The largest absolute Gasteiger partial charge is 0.493 e. The molecule has 2 rings (SSSR count). The van der Waals surface area contributed by atoms with Crippen LogP contribution in [0.5, 0.6) is 5.75 Å². The summed E-state index contributed by atoms with van der Waals surface area (Å²) in [7, 11) is 0. The normalized spacial score (nSPS) is 10.4. The van der Waals surface area contributed by atoms with Crippen molar-refractivity contribution in [3.8, 4) is 5.75 Å². The van der Waals surface area contributed by atoms with Gasteiger partial charge in [-0.15, -0.1) is 0 Å². The van der Waals surface area contributed by atoms with E-state index in [-0.39, 0.29) is 12.4 Å². The third-order valence-electron chi connectivity index (χ3n) is 2.94. The number of ether oxygens (including phenoxy) is 2. The van der Waals surface area contributed by atoms with Crippen molar-refractivity contribution in [1.82, 2.24) is 0 Å². The number of para-hydroxylation sites is 1. The Morgan fingerprint density at radius 1 is 1.10 bits per heavy atom. The molecule has 110 valence electrons. The van der Waals surface area contributed by atoms with Gasteiger partial charge in [0.05, 0.1) is 18.8 Å². The molecule has 0 unspecified atom stereocenters. The molecule has 2 aromatic carbocycles. The van der Waals surface area contributed by atoms with E-state index in [4.69, 9.17) is 21.1 Å². The third-order valence-corrected chi connectivity index (χ3v) is 3.30. The molecule has 0 saturated heterocycles. The van der Waals surface area contributed by atoms with Crippen LogP contribution < -0.4 is 4.74 Å². The van der Waals surface area contributed by atoms with Gasteiger partial charge in [-0.3, -0.25) is 4.79 Å². The maximum atomic E-state index is 12.2. The lowest BCUT2D eigenvalue weighted by Crippen LogP contribution is -2.11. The number of carbonyl (C=O) groups is 1. The average molecular weight is 305 g/mol. The first-order valence-corrected chi connectivity index (χ1v) is 7.16. The molecule has 0 aliphatic heterocycles. The summed E-state index contributed by atoms with van der Waals surface area (Å²) in [5.41, 5.74) is 1.41. The van der Waals surface area contributed by atoms with Crippen LogP contribution >= 0.6 is 11.6 Å². The minimum Gasteiger partial charge on any atom is -0.493 e. The van der Waals surface area contributed by atoms with Crippen LogP contribution in [0.15, 0.2) is 48.5 Å². The molecule has 2 aromatic rings. The number of rotatable bonds is 7. The molecule has 0 radical (unpaired) electrons. The summed E-state index contributed by atoms with van der Waals surface area (Å²) in [5.74, 6) is 0.484. The van der Waals surface area contributed by atoms with Gasteiger partial charge in [-0.1, -0.05) is 41.9 Å². The lowest BCUT2D eigenvalue weighted by molar-refractivity contribution is 0.0723. The van der Waals surface area contributed by atoms with Gasteiger partial charge in [0, 0.05) is 5.02 Å². The topological polar surface area (TPSA) is 35.5 Å². The summed E-state index contributed by atoms with van der Waals surface area (Å²) in [4.78, 5) is 12.2. The van der Waals surface area contributed by atoms with Crippen molar-refractivity contribution in [2.24, 2.45) is 0 Å². The molecule has 0 spiro atoms. The summed E-state index contributed by atoms with van der Waals surface area (Å²) >= 11 is 6.04. The fourth-order valence-electron chi connectivity index (χ4n) is 1.93. The van der Waals surface area contributed by atoms with E-state index in [1.165, 1.54) is 0 Å². The summed E-state index contributed by atoms with van der Waals surface area (Å²) in [6, 6.07) is 14.6. The summed E-state index contributed by atoms with van der Waals surface area (Å²) in [5, 5.41) is 0.639. The van der Waals surface area contributed by atoms with Crippen molar-refractivity contribution in [2.75, 3.05) is 13.2 Å². The highest BCUT2D eigenvalue weighted by Gasteiger charge is 2.12. The van der Waals surface area contributed by atoms with Crippen molar-refractivity contribution < 1.29 is 14.3 Å². The van der Waals surface area contributed by atoms with E-state index in [0.29, 0.717) is 29.5 Å². The highest BCUT2D eigenvalue weighted by Crippen LogP contribution is 2.19. The van der Waals surface area contributed by atoms with Gasteiger partial charge in [0.25, 0.3) is 0 Å². The summed E-state index contributed by atoms with van der Waals surface area (Å²) in [6.07, 6.45) is 0. The van der Waals surface area contributed by atoms with Crippen molar-refractivity contribution in [2.45, 2.75) is 13.5 Å². The molecule has 0 bridgehead atoms. The number of halogens is 1. The Morgan fingerprint density at radius 2 is 1.81 bits per heavy atom. The van der Waals surface area contributed by atoms with Gasteiger partial charge in [-0.05, 0) is 30.7 Å². The lowest BCUT2D eigenvalue weighted by Gasteiger charge is -2.10. The van der Waals surface area contributed by atoms with Gasteiger partial charge in [0.15, 0.2) is 5.78 Å². The van der Waals surface area contributed by atoms with Crippen molar-refractivity contribution in [1.29, 1.82) is 0 Å². The SMILES string of the molecule is CCOc1ccccc1C(=O)COCc1ccccc1Cl. The Kier molecular flexibility index (Phi) is 5.78. The second kappa shape index (κ2) is 7.81. The quantitative estimate of drug-likeness (QED) is 0.721. The first-order chi connectivity index (χ1) is 10.2. The Balaban J connectivity index is 1.95. The van der Waals surface area contributed by atoms with E-state index in [9.17, 15) is 4.79 Å². The van der Waals surface area contributed by atoms with Gasteiger partial charge in [-0.25, -0.2) is 0 Å². The van der Waals surface area contributed by atoms with E-state index in [2.05, 4.69) is 0 Å². The monoisotopic (exact) mass is 304 g/mol. The number of carbonyl (C=O) groups excluding carboxylic acids is 1. The Morgan fingerprint density at radius 3 is 2.57 bits per heavy atom. The number of hydrogen-bond acceptors (Lipinski definition) is 3. The van der Waals surface area contributed by atoms with Crippen molar-refractivity contribution in [3.63, 3.8) is 0 Å². The fourth-order valence-corrected chi connectivity index (χ4v) is 2.12. The number of Topliss-reactive ketones (excluding diaryl/α,β-unsaturated/α-hetero) is 1. The zero-order valence-electron chi connectivity index (χ0n) is 11.8. The smallest absolute Gasteiger partial charge is 0.192 e. The molecule has 0 heterocycles. The minimum absolute atomic E-state index is 0.00465. The minimum atomic E-state index is -0.105.